The molecule has 2 aromatic heterocycles. The van der Waals surface area contributed by atoms with Gasteiger partial charge in [-0.3, -0.25) is 14.9 Å². The standard InChI is InChI=1S/C32H32N4O4/c1-32(2,3)40-31(39)35-14-18-13-25-26(21-10-6-8-12-24(21)36(25)16-19(18)15-35)28-27(29(37)33-30(28)38)22-17-34(4)23-11-7-5-9-20(22)23/h5-12,17-19H,13-16H2,1-4H3,(H,33,37,38)/t18-,19-/m0/s1. The molecule has 0 radical (unpaired) electrons. The topological polar surface area (TPSA) is 85.6 Å². The van der Waals surface area contributed by atoms with Gasteiger partial charge in [0.15, 0.2) is 0 Å². The van der Waals surface area contributed by atoms with Gasteiger partial charge in [0.1, 0.15) is 5.60 Å². The molecule has 0 aliphatic carbocycles. The number of rotatable bonds is 2. The van der Waals surface area contributed by atoms with Gasteiger partial charge in [-0.25, -0.2) is 4.79 Å². The zero-order chi connectivity index (χ0) is 27.9. The van der Waals surface area contributed by atoms with Gasteiger partial charge in [-0.1, -0.05) is 36.4 Å². The molecule has 3 amide bonds. The minimum absolute atomic E-state index is 0.241. The number of nitrogens with zero attached hydrogens (tertiary/aromatic N) is 3. The van der Waals surface area contributed by atoms with E-state index in [1.54, 1.807) is 0 Å². The summed E-state index contributed by atoms with van der Waals surface area (Å²) in [6.07, 6.45) is 2.37. The van der Waals surface area contributed by atoms with Gasteiger partial charge in [0.05, 0.1) is 11.1 Å². The highest BCUT2D eigenvalue weighted by molar-refractivity contribution is 6.51. The van der Waals surface area contributed by atoms with Gasteiger partial charge >= 0.3 is 6.09 Å². The van der Waals surface area contributed by atoms with Crippen LogP contribution in [0.2, 0.25) is 0 Å². The number of aromatic nitrogens is 2. The first-order chi connectivity index (χ1) is 19.1. The predicted octanol–water partition coefficient (Wildman–Crippen LogP) is 4.74. The van der Waals surface area contributed by atoms with Gasteiger partial charge in [0.25, 0.3) is 11.8 Å². The Kier molecular flexibility index (Phi) is 5.30. The Hall–Kier alpha value is -4.33. The summed E-state index contributed by atoms with van der Waals surface area (Å²) in [5.41, 5.74) is 4.98. The number of amides is 3. The van der Waals surface area contributed by atoms with Crippen LogP contribution in [0.25, 0.3) is 33.0 Å². The lowest BCUT2D eigenvalue weighted by Crippen LogP contribution is -2.35. The first-order valence-corrected chi connectivity index (χ1v) is 13.8. The monoisotopic (exact) mass is 536 g/mol. The molecule has 2 atom stereocenters. The van der Waals surface area contributed by atoms with Crippen molar-refractivity contribution in [2.75, 3.05) is 13.1 Å². The third-order valence-corrected chi connectivity index (χ3v) is 8.53. The fraction of sp³-hybridized carbons (Fsp3) is 0.344. The molecule has 1 N–H and O–H groups in total. The first-order valence-electron chi connectivity index (χ1n) is 13.8. The van der Waals surface area contributed by atoms with E-state index in [1.807, 2.05) is 85.9 Å². The summed E-state index contributed by atoms with van der Waals surface area (Å²) in [6, 6.07) is 16.0. The molecule has 1 fully saturated rings. The normalized spacial score (nSPS) is 20.9. The van der Waals surface area contributed by atoms with Gasteiger partial charge in [0.2, 0.25) is 0 Å². The van der Waals surface area contributed by atoms with Crippen molar-refractivity contribution in [1.82, 2.24) is 19.4 Å². The average Bonchev–Trinajstić information content (AvgIpc) is 3.63. The van der Waals surface area contributed by atoms with E-state index in [4.69, 9.17) is 4.74 Å². The SMILES string of the molecule is Cn1cc(C2=C(c3c4n(c5ccccc35)C[C@@H]3CN(C(=O)OC(C)(C)C)C[C@@H]3C4)C(=O)NC2=O)c2ccccc21. The van der Waals surface area contributed by atoms with E-state index >= 15 is 0 Å². The Morgan fingerprint density at radius 3 is 2.27 bits per heavy atom. The van der Waals surface area contributed by atoms with Crippen LogP contribution in [0.15, 0.2) is 54.7 Å². The molecule has 0 spiro atoms. The van der Waals surface area contributed by atoms with Gasteiger partial charge in [-0.2, -0.15) is 0 Å². The van der Waals surface area contributed by atoms with Crippen LogP contribution < -0.4 is 5.32 Å². The van der Waals surface area contributed by atoms with Crippen molar-refractivity contribution in [2.45, 2.75) is 39.3 Å². The Morgan fingerprint density at radius 1 is 0.875 bits per heavy atom. The van der Waals surface area contributed by atoms with Crippen LogP contribution in [0.4, 0.5) is 4.79 Å². The maximum absolute atomic E-state index is 13.6. The molecule has 204 valence electrons. The van der Waals surface area contributed by atoms with Crippen LogP contribution in [-0.4, -0.2) is 50.6 Å². The Labute approximate surface area is 232 Å². The number of ether oxygens (including phenoxy) is 1. The highest BCUT2D eigenvalue weighted by Gasteiger charge is 2.43. The second kappa shape index (κ2) is 8.58. The van der Waals surface area contributed by atoms with Crippen molar-refractivity contribution in [3.05, 3.63) is 71.5 Å². The van der Waals surface area contributed by atoms with E-state index in [2.05, 4.69) is 16.0 Å². The fourth-order valence-corrected chi connectivity index (χ4v) is 6.88. The molecule has 8 heteroatoms. The third-order valence-electron chi connectivity index (χ3n) is 8.53. The summed E-state index contributed by atoms with van der Waals surface area (Å²) < 4.78 is 9.96. The Morgan fingerprint density at radius 2 is 1.52 bits per heavy atom. The van der Waals surface area contributed by atoms with E-state index in [9.17, 15) is 14.4 Å². The van der Waals surface area contributed by atoms with Crippen molar-refractivity contribution in [3.63, 3.8) is 0 Å². The average molecular weight is 537 g/mol. The van der Waals surface area contributed by atoms with Crippen molar-refractivity contribution < 1.29 is 19.1 Å². The van der Waals surface area contributed by atoms with Crippen LogP contribution in [-0.2, 0) is 34.3 Å². The van der Waals surface area contributed by atoms with Gasteiger partial charge in [0, 0.05) is 71.5 Å². The van der Waals surface area contributed by atoms with Gasteiger partial charge in [-0.15, -0.1) is 0 Å². The molecule has 5 heterocycles. The van der Waals surface area contributed by atoms with Crippen LogP contribution in [0, 0.1) is 11.8 Å². The van der Waals surface area contributed by atoms with E-state index in [-0.39, 0.29) is 29.7 Å². The maximum Gasteiger partial charge on any atom is 0.410 e. The zero-order valence-electron chi connectivity index (χ0n) is 23.2. The third kappa shape index (κ3) is 3.69. The highest BCUT2D eigenvalue weighted by Crippen LogP contribution is 2.45. The lowest BCUT2D eigenvalue weighted by molar-refractivity contribution is -0.122. The molecule has 3 aliphatic rings. The minimum atomic E-state index is -0.549. The number of imide groups is 1. The predicted molar refractivity (Wildman–Crippen MR) is 153 cm³/mol. The van der Waals surface area contributed by atoms with Gasteiger partial charge in [-0.05, 0) is 51.2 Å². The summed E-state index contributed by atoms with van der Waals surface area (Å²) in [7, 11) is 1.95. The van der Waals surface area contributed by atoms with Crippen LogP contribution in [0.5, 0.6) is 0 Å². The number of likely N-dealkylation sites (tertiary alicyclic amines) is 1. The molecule has 8 nitrogen and oxygen atoms in total. The van der Waals surface area contributed by atoms with Crippen molar-refractivity contribution in [3.8, 4) is 0 Å². The highest BCUT2D eigenvalue weighted by atomic mass is 16.6. The van der Waals surface area contributed by atoms with Gasteiger partial charge < -0.3 is 18.8 Å². The fourth-order valence-electron chi connectivity index (χ4n) is 6.88. The number of aryl methyl sites for hydroxylation is 1. The number of hydrogen-bond donors (Lipinski definition) is 1. The molecular formula is C32H32N4O4. The lowest BCUT2D eigenvalue weighted by atomic mass is 9.85. The number of fused-ring (bicyclic) bond motifs is 5. The smallest absolute Gasteiger partial charge is 0.410 e. The first kappa shape index (κ1) is 24.7. The number of hydrogen-bond acceptors (Lipinski definition) is 4. The molecule has 3 aliphatic heterocycles. The molecule has 0 bridgehead atoms. The number of carbonyl (C=O) groups excluding carboxylic acids is 3. The Bertz CT molecular complexity index is 1780. The molecule has 0 saturated carbocycles. The second-order valence-corrected chi connectivity index (χ2v) is 12.3. The van der Waals surface area contributed by atoms with E-state index in [0.717, 1.165) is 45.2 Å². The zero-order valence-corrected chi connectivity index (χ0v) is 23.2. The van der Waals surface area contributed by atoms with E-state index in [1.165, 1.54) is 0 Å². The number of carbonyl (C=O) groups is 3. The number of benzene rings is 2. The Balaban J connectivity index is 1.38. The van der Waals surface area contributed by atoms with Crippen LogP contribution in [0.3, 0.4) is 0 Å². The summed E-state index contributed by atoms with van der Waals surface area (Å²) in [5.74, 6) is -0.207. The molecule has 4 aromatic rings. The quantitative estimate of drug-likeness (QED) is 0.375. The summed E-state index contributed by atoms with van der Waals surface area (Å²) in [4.78, 5) is 41.7. The largest absolute Gasteiger partial charge is 0.444 e. The second-order valence-electron chi connectivity index (χ2n) is 12.3. The van der Waals surface area contributed by atoms with Crippen molar-refractivity contribution in [1.29, 1.82) is 0 Å². The van der Waals surface area contributed by atoms with Crippen LogP contribution in [0.1, 0.15) is 37.6 Å². The lowest BCUT2D eigenvalue weighted by Gasteiger charge is -2.28. The molecule has 1 saturated heterocycles. The maximum atomic E-state index is 13.6. The van der Waals surface area contributed by atoms with E-state index < -0.39 is 5.60 Å². The molecule has 0 unspecified atom stereocenters. The molecule has 7 rings (SSSR count). The molecule has 40 heavy (non-hydrogen) atoms. The summed E-state index contributed by atoms with van der Waals surface area (Å²) >= 11 is 0. The minimum Gasteiger partial charge on any atom is -0.444 e. The van der Waals surface area contributed by atoms with E-state index in [0.29, 0.717) is 30.7 Å². The van der Waals surface area contributed by atoms with Crippen LogP contribution >= 0.6 is 0 Å². The molecular weight excluding hydrogens is 504 g/mol. The summed E-state index contributed by atoms with van der Waals surface area (Å²) in [5, 5.41) is 4.50. The number of para-hydroxylation sites is 2. The van der Waals surface area contributed by atoms with Crippen molar-refractivity contribution in [2.24, 2.45) is 18.9 Å². The molecule has 2 aromatic carbocycles. The number of nitrogens with one attached hydrogen (secondary N) is 1. The summed E-state index contributed by atoms with van der Waals surface area (Å²) in [6.45, 7) is 7.64. The van der Waals surface area contributed by atoms with Crippen molar-refractivity contribution >= 4 is 50.9 Å².